The molecule has 1 atom stereocenters. The van der Waals surface area contributed by atoms with Gasteiger partial charge in [-0.3, -0.25) is 0 Å². The Morgan fingerprint density at radius 1 is 1.31 bits per heavy atom. The first-order chi connectivity index (χ1) is 7.74. The molecule has 3 nitrogen and oxygen atoms in total. The van der Waals surface area contributed by atoms with E-state index in [4.69, 9.17) is 0 Å². The molecule has 0 fully saturated rings. The number of imidazole rings is 1. The summed E-state index contributed by atoms with van der Waals surface area (Å²) in [6, 6.07) is 0.674. The minimum atomic E-state index is 0.674. The van der Waals surface area contributed by atoms with Crippen LogP contribution in [0.4, 0.5) is 0 Å². The van der Waals surface area contributed by atoms with Gasteiger partial charge < -0.3 is 9.88 Å². The van der Waals surface area contributed by atoms with E-state index in [0.717, 1.165) is 19.0 Å². The number of hydrogen-bond donors (Lipinski definition) is 1. The Bertz CT molecular complexity index is 254. The third-order valence-electron chi connectivity index (χ3n) is 3.05. The van der Waals surface area contributed by atoms with Crippen molar-refractivity contribution in [2.75, 3.05) is 6.54 Å². The van der Waals surface area contributed by atoms with E-state index in [9.17, 15) is 0 Å². The fourth-order valence-electron chi connectivity index (χ4n) is 1.98. The number of hydrogen-bond acceptors (Lipinski definition) is 2. The van der Waals surface area contributed by atoms with Crippen molar-refractivity contribution in [3.63, 3.8) is 0 Å². The SMILES string of the molecule is CCC(NCCCCn1ccnc1)C(C)C. The van der Waals surface area contributed by atoms with Crippen LogP contribution in [0.3, 0.4) is 0 Å². The molecule has 1 rings (SSSR count). The number of unbranched alkanes of at least 4 members (excludes halogenated alkanes) is 1. The predicted octanol–water partition coefficient (Wildman–Crippen LogP) is 2.69. The van der Waals surface area contributed by atoms with Crippen molar-refractivity contribution in [1.82, 2.24) is 14.9 Å². The normalized spacial score (nSPS) is 13.2. The van der Waals surface area contributed by atoms with Crippen molar-refractivity contribution < 1.29 is 0 Å². The van der Waals surface area contributed by atoms with E-state index in [1.165, 1.54) is 19.3 Å². The maximum absolute atomic E-state index is 4.03. The topological polar surface area (TPSA) is 29.9 Å². The molecule has 0 spiro atoms. The highest BCUT2D eigenvalue weighted by Crippen LogP contribution is 2.05. The molecule has 92 valence electrons. The van der Waals surface area contributed by atoms with Crippen molar-refractivity contribution in [3.05, 3.63) is 18.7 Å². The van der Waals surface area contributed by atoms with Gasteiger partial charge in [-0.2, -0.15) is 0 Å². The summed E-state index contributed by atoms with van der Waals surface area (Å²) in [7, 11) is 0. The van der Waals surface area contributed by atoms with E-state index in [-0.39, 0.29) is 0 Å². The van der Waals surface area contributed by atoms with Gasteiger partial charge in [0.2, 0.25) is 0 Å². The molecule has 0 aliphatic carbocycles. The van der Waals surface area contributed by atoms with Crippen molar-refractivity contribution in [1.29, 1.82) is 0 Å². The van der Waals surface area contributed by atoms with Gasteiger partial charge in [0, 0.05) is 25.0 Å². The molecular formula is C13H25N3. The van der Waals surface area contributed by atoms with Gasteiger partial charge in [-0.25, -0.2) is 4.98 Å². The molecule has 1 N–H and O–H groups in total. The van der Waals surface area contributed by atoms with E-state index in [1.54, 1.807) is 0 Å². The minimum Gasteiger partial charge on any atom is -0.337 e. The highest BCUT2D eigenvalue weighted by atomic mass is 15.0. The number of aryl methyl sites for hydroxylation is 1. The number of rotatable bonds is 8. The highest BCUT2D eigenvalue weighted by molar-refractivity contribution is 4.74. The van der Waals surface area contributed by atoms with Crippen LogP contribution in [0.2, 0.25) is 0 Å². The van der Waals surface area contributed by atoms with Crippen molar-refractivity contribution in [2.24, 2.45) is 5.92 Å². The summed E-state index contributed by atoms with van der Waals surface area (Å²) in [6.07, 6.45) is 9.43. The predicted molar refractivity (Wildman–Crippen MR) is 68.4 cm³/mol. The Labute approximate surface area is 99.3 Å². The van der Waals surface area contributed by atoms with Crippen LogP contribution < -0.4 is 5.32 Å². The van der Waals surface area contributed by atoms with E-state index < -0.39 is 0 Å². The Hall–Kier alpha value is -0.830. The molecule has 1 heterocycles. The summed E-state index contributed by atoms with van der Waals surface area (Å²) < 4.78 is 2.14. The Balaban J connectivity index is 2.03. The zero-order valence-corrected chi connectivity index (χ0v) is 10.8. The lowest BCUT2D eigenvalue weighted by Crippen LogP contribution is -2.33. The van der Waals surface area contributed by atoms with Crippen molar-refractivity contribution in [2.45, 2.75) is 52.6 Å². The fourth-order valence-corrected chi connectivity index (χ4v) is 1.98. The molecule has 0 aliphatic rings. The summed E-state index contributed by atoms with van der Waals surface area (Å²) in [5, 5.41) is 3.62. The minimum absolute atomic E-state index is 0.674. The van der Waals surface area contributed by atoms with Gasteiger partial charge in [0.15, 0.2) is 0 Å². The molecule has 16 heavy (non-hydrogen) atoms. The van der Waals surface area contributed by atoms with E-state index in [1.807, 2.05) is 18.7 Å². The molecule has 0 saturated carbocycles. The average Bonchev–Trinajstić information content (AvgIpc) is 2.75. The molecule has 0 aliphatic heterocycles. The lowest BCUT2D eigenvalue weighted by molar-refractivity contribution is 0.383. The van der Waals surface area contributed by atoms with Crippen LogP contribution in [0, 0.1) is 5.92 Å². The second kappa shape index (κ2) is 7.44. The van der Waals surface area contributed by atoms with Crippen molar-refractivity contribution in [3.8, 4) is 0 Å². The van der Waals surface area contributed by atoms with Gasteiger partial charge in [-0.1, -0.05) is 20.8 Å². The van der Waals surface area contributed by atoms with Crippen LogP contribution in [0.25, 0.3) is 0 Å². The summed E-state index contributed by atoms with van der Waals surface area (Å²) in [4.78, 5) is 4.03. The molecule has 1 aromatic heterocycles. The van der Waals surface area contributed by atoms with Gasteiger partial charge in [-0.15, -0.1) is 0 Å². The lowest BCUT2D eigenvalue weighted by Gasteiger charge is -2.20. The first-order valence-corrected chi connectivity index (χ1v) is 6.43. The zero-order valence-electron chi connectivity index (χ0n) is 10.8. The van der Waals surface area contributed by atoms with Crippen LogP contribution in [0.1, 0.15) is 40.0 Å². The molecule has 0 saturated heterocycles. The molecule has 0 radical (unpaired) electrons. The summed E-state index contributed by atoms with van der Waals surface area (Å²) in [5.41, 5.74) is 0. The molecular weight excluding hydrogens is 198 g/mol. The van der Waals surface area contributed by atoms with Crippen LogP contribution in [0.15, 0.2) is 18.7 Å². The van der Waals surface area contributed by atoms with Crippen LogP contribution >= 0.6 is 0 Å². The molecule has 1 aromatic rings. The van der Waals surface area contributed by atoms with Crippen LogP contribution in [0.5, 0.6) is 0 Å². The van der Waals surface area contributed by atoms with E-state index in [0.29, 0.717) is 6.04 Å². The first kappa shape index (κ1) is 13.2. The van der Waals surface area contributed by atoms with Gasteiger partial charge in [0.25, 0.3) is 0 Å². The summed E-state index contributed by atoms with van der Waals surface area (Å²) in [5.74, 6) is 0.735. The monoisotopic (exact) mass is 223 g/mol. The quantitative estimate of drug-likeness (QED) is 0.687. The summed E-state index contributed by atoms with van der Waals surface area (Å²) in [6.45, 7) is 9.04. The van der Waals surface area contributed by atoms with Gasteiger partial charge >= 0.3 is 0 Å². The third-order valence-corrected chi connectivity index (χ3v) is 3.05. The second-order valence-electron chi connectivity index (χ2n) is 4.72. The highest BCUT2D eigenvalue weighted by Gasteiger charge is 2.08. The van der Waals surface area contributed by atoms with E-state index in [2.05, 4.69) is 35.6 Å². The van der Waals surface area contributed by atoms with Gasteiger partial charge in [0.1, 0.15) is 0 Å². The van der Waals surface area contributed by atoms with E-state index >= 15 is 0 Å². The number of nitrogens with zero attached hydrogens (tertiary/aromatic N) is 2. The maximum Gasteiger partial charge on any atom is 0.0945 e. The molecule has 0 bridgehead atoms. The van der Waals surface area contributed by atoms with Gasteiger partial charge in [0.05, 0.1) is 6.33 Å². The van der Waals surface area contributed by atoms with Crippen LogP contribution in [-0.4, -0.2) is 22.1 Å². The maximum atomic E-state index is 4.03. The smallest absolute Gasteiger partial charge is 0.0945 e. The number of aromatic nitrogens is 2. The largest absolute Gasteiger partial charge is 0.337 e. The molecule has 1 unspecified atom stereocenters. The van der Waals surface area contributed by atoms with Crippen LogP contribution in [-0.2, 0) is 6.54 Å². The third kappa shape index (κ3) is 4.79. The zero-order chi connectivity index (χ0) is 11.8. The fraction of sp³-hybridized carbons (Fsp3) is 0.769. The molecule has 3 heteroatoms. The Morgan fingerprint density at radius 2 is 2.12 bits per heavy atom. The number of nitrogens with one attached hydrogen (secondary N) is 1. The standard InChI is InChI=1S/C13H25N3/c1-4-13(12(2)3)15-7-5-6-9-16-10-8-14-11-16/h8,10-13,15H,4-7,9H2,1-3H3. The molecule has 0 aromatic carbocycles. The lowest BCUT2D eigenvalue weighted by atomic mass is 10.0. The summed E-state index contributed by atoms with van der Waals surface area (Å²) >= 11 is 0. The first-order valence-electron chi connectivity index (χ1n) is 6.43. The Kier molecular flexibility index (Phi) is 6.16. The Morgan fingerprint density at radius 3 is 2.69 bits per heavy atom. The van der Waals surface area contributed by atoms with Gasteiger partial charge in [-0.05, 0) is 31.7 Å². The molecule has 0 amide bonds. The van der Waals surface area contributed by atoms with Crippen molar-refractivity contribution >= 4 is 0 Å². The average molecular weight is 223 g/mol. The second-order valence-corrected chi connectivity index (χ2v) is 4.72.